The number of ether oxygens (including phenoxy) is 1. The fourth-order valence-corrected chi connectivity index (χ4v) is 3.54. The van der Waals surface area contributed by atoms with Crippen LogP contribution in [0.15, 0.2) is 48.5 Å². The van der Waals surface area contributed by atoms with Gasteiger partial charge in [-0.1, -0.05) is 18.2 Å². The van der Waals surface area contributed by atoms with Gasteiger partial charge in [-0.05, 0) is 44.2 Å². The zero-order valence-corrected chi connectivity index (χ0v) is 17.7. The Balaban J connectivity index is 1.59. The number of carbonyl (C=O) groups is 2. The van der Waals surface area contributed by atoms with E-state index in [1.54, 1.807) is 32.0 Å². The van der Waals surface area contributed by atoms with Gasteiger partial charge in [-0.2, -0.15) is 0 Å². The maximum Gasteiger partial charge on any atom is 0.319 e. The van der Waals surface area contributed by atoms with Crippen LogP contribution < -0.4 is 10.2 Å². The lowest BCUT2D eigenvalue weighted by molar-refractivity contribution is -0.142. The second-order valence-corrected chi connectivity index (χ2v) is 7.95. The summed E-state index contributed by atoms with van der Waals surface area (Å²) in [5.41, 5.74) is 1.08. The standard InChI is InChI=1S/C23H28FN3O3/c1-23(2,19-6-4-5-7-20(19)24)22(29)25-17-8-10-18(11-9-17)27-14-12-26(13-15-27)16-21(28)30-3/h4-11H,12-16H2,1-3H3,(H,25,29). The number of rotatable bonds is 6. The number of carbonyl (C=O) groups excluding carboxylic acids is 2. The smallest absolute Gasteiger partial charge is 0.319 e. The minimum absolute atomic E-state index is 0.221. The lowest BCUT2D eigenvalue weighted by Crippen LogP contribution is -2.48. The number of amides is 1. The molecule has 1 aliphatic rings. The van der Waals surface area contributed by atoms with E-state index in [0.29, 0.717) is 17.8 Å². The molecule has 0 unspecified atom stereocenters. The Hall–Kier alpha value is -2.93. The van der Waals surface area contributed by atoms with Crippen LogP contribution in [0, 0.1) is 5.82 Å². The van der Waals surface area contributed by atoms with Gasteiger partial charge in [0.15, 0.2) is 0 Å². The number of benzene rings is 2. The highest BCUT2D eigenvalue weighted by atomic mass is 19.1. The molecule has 2 aromatic rings. The fourth-order valence-electron chi connectivity index (χ4n) is 3.54. The predicted molar refractivity (Wildman–Crippen MR) is 115 cm³/mol. The van der Waals surface area contributed by atoms with Crippen molar-refractivity contribution in [3.63, 3.8) is 0 Å². The quantitative estimate of drug-likeness (QED) is 0.738. The topological polar surface area (TPSA) is 61.9 Å². The molecule has 0 bridgehead atoms. The molecule has 0 aromatic heterocycles. The zero-order chi connectivity index (χ0) is 21.7. The normalized spacial score (nSPS) is 15.0. The molecule has 0 atom stereocenters. The largest absolute Gasteiger partial charge is 0.468 e. The number of halogens is 1. The van der Waals surface area contributed by atoms with E-state index in [4.69, 9.17) is 4.74 Å². The Kier molecular flexibility index (Phi) is 6.72. The number of methoxy groups -OCH3 is 1. The molecule has 1 N–H and O–H groups in total. The summed E-state index contributed by atoms with van der Waals surface area (Å²) >= 11 is 0. The lowest BCUT2D eigenvalue weighted by atomic mass is 9.83. The summed E-state index contributed by atoms with van der Waals surface area (Å²) in [7, 11) is 1.40. The molecule has 3 rings (SSSR count). The first-order valence-corrected chi connectivity index (χ1v) is 10.0. The molecule has 0 radical (unpaired) electrons. The minimum Gasteiger partial charge on any atom is -0.468 e. The third kappa shape index (κ3) is 4.97. The van der Waals surface area contributed by atoms with Gasteiger partial charge in [0.05, 0.1) is 19.1 Å². The molecule has 7 heteroatoms. The summed E-state index contributed by atoms with van der Waals surface area (Å²) in [4.78, 5) is 28.5. The van der Waals surface area contributed by atoms with Crippen molar-refractivity contribution in [2.45, 2.75) is 19.3 Å². The number of piperazine rings is 1. The summed E-state index contributed by atoms with van der Waals surface area (Å²) in [6, 6.07) is 14.0. The molecule has 1 heterocycles. The molecule has 6 nitrogen and oxygen atoms in total. The van der Waals surface area contributed by atoms with E-state index in [-0.39, 0.29) is 17.7 Å². The summed E-state index contributed by atoms with van der Waals surface area (Å²) in [5.74, 6) is -0.877. The first kappa shape index (κ1) is 21.8. The van der Waals surface area contributed by atoms with Gasteiger partial charge in [-0.25, -0.2) is 4.39 Å². The third-order valence-electron chi connectivity index (χ3n) is 5.56. The highest BCUT2D eigenvalue weighted by Gasteiger charge is 2.32. The Morgan fingerprint density at radius 2 is 1.67 bits per heavy atom. The van der Waals surface area contributed by atoms with Gasteiger partial charge in [0.2, 0.25) is 5.91 Å². The number of nitrogens with zero attached hydrogens (tertiary/aromatic N) is 2. The second kappa shape index (κ2) is 9.26. The number of hydrogen-bond acceptors (Lipinski definition) is 5. The minimum atomic E-state index is -1.00. The lowest BCUT2D eigenvalue weighted by Gasteiger charge is -2.35. The van der Waals surface area contributed by atoms with Crippen molar-refractivity contribution in [2.75, 3.05) is 50.1 Å². The first-order valence-electron chi connectivity index (χ1n) is 10.0. The van der Waals surface area contributed by atoms with E-state index in [1.165, 1.54) is 13.2 Å². The van der Waals surface area contributed by atoms with Gasteiger partial charge in [0, 0.05) is 43.1 Å². The molecule has 0 aliphatic carbocycles. The molecule has 30 heavy (non-hydrogen) atoms. The number of esters is 1. The molecule has 1 aliphatic heterocycles. The van der Waals surface area contributed by atoms with Crippen LogP contribution in [-0.4, -0.2) is 56.6 Å². The van der Waals surface area contributed by atoms with Crippen molar-refractivity contribution in [2.24, 2.45) is 0 Å². The predicted octanol–water partition coefficient (Wildman–Crippen LogP) is 3.04. The maximum atomic E-state index is 14.1. The summed E-state index contributed by atoms with van der Waals surface area (Å²) in [5, 5.41) is 2.89. The number of nitrogens with one attached hydrogen (secondary N) is 1. The van der Waals surface area contributed by atoms with Crippen LogP contribution in [-0.2, 0) is 19.7 Å². The van der Waals surface area contributed by atoms with E-state index in [9.17, 15) is 14.0 Å². The molecule has 160 valence electrons. The van der Waals surface area contributed by atoms with Gasteiger partial charge in [0.25, 0.3) is 0 Å². The second-order valence-electron chi connectivity index (χ2n) is 7.95. The van der Waals surface area contributed by atoms with E-state index in [0.717, 1.165) is 31.9 Å². The van der Waals surface area contributed by atoms with Crippen LogP contribution in [0.3, 0.4) is 0 Å². The van der Waals surface area contributed by atoms with Crippen LogP contribution in [0.4, 0.5) is 15.8 Å². The molecule has 0 spiro atoms. The molecule has 1 fully saturated rings. The number of hydrogen-bond donors (Lipinski definition) is 1. The van der Waals surface area contributed by atoms with Crippen molar-refractivity contribution >= 4 is 23.3 Å². The average Bonchev–Trinajstić information content (AvgIpc) is 2.75. The zero-order valence-electron chi connectivity index (χ0n) is 17.7. The van der Waals surface area contributed by atoms with Gasteiger partial charge < -0.3 is 15.0 Å². The molecule has 0 saturated carbocycles. The van der Waals surface area contributed by atoms with Gasteiger partial charge >= 0.3 is 5.97 Å². The van der Waals surface area contributed by atoms with Crippen molar-refractivity contribution < 1.29 is 18.7 Å². The van der Waals surface area contributed by atoms with Crippen molar-refractivity contribution in [1.82, 2.24) is 4.90 Å². The van der Waals surface area contributed by atoms with Gasteiger partial charge in [-0.3, -0.25) is 14.5 Å². The third-order valence-corrected chi connectivity index (χ3v) is 5.56. The Bertz CT molecular complexity index is 891. The summed E-state index contributed by atoms with van der Waals surface area (Å²) in [6.07, 6.45) is 0. The molecule has 1 amide bonds. The Morgan fingerprint density at radius 3 is 2.27 bits per heavy atom. The maximum absolute atomic E-state index is 14.1. The highest BCUT2D eigenvalue weighted by molar-refractivity contribution is 5.98. The van der Waals surface area contributed by atoms with Crippen LogP contribution in [0.1, 0.15) is 19.4 Å². The van der Waals surface area contributed by atoms with E-state index in [2.05, 4.69) is 15.1 Å². The van der Waals surface area contributed by atoms with Crippen molar-refractivity contribution in [1.29, 1.82) is 0 Å². The fraction of sp³-hybridized carbons (Fsp3) is 0.391. The van der Waals surface area contributed by atoms with E-state index >= 15 is 0 Å². The Morgan fingerprint density at radius 1 is 1.03 bits per heavy atom. The molecular weight excluding hydrogens is 385 g/mol. The highest BCUT2D eigenvalue weighted by Crippen LogP contribution is 2.28. The van der Waals surface area contributed by atoms with E-state index < -0.39 is 5.41 Å². The van der Waals surface area contributed by atoms with Gasteiger partial charge in [-0.15, -0.1) is 0 Å². The summed E-state index contributed by atoms with van der Waals surface area (Å²) in [6.45, 7) is 6.92. The van der Waals surface area contributed by atoms with Crippen LogP contribution in [0.2, 0.25) is 0 Å². The van der Waals surface area contributed by atoms with Crippen LogP contribution in [0.5, 0.6) is 0 Å². The van der Waals surface area contributed by atoms with Crippen molar-refractivity contribution in [3.8, 4) is 0 Å². The van der Waals surface area contributed by atoms with E-state index in [1.807, 2.05) is 24.3 Å². The molecular formula is C23H28FN3O3. The van der Waals surface area contributed by atoms with Crippen molar-refractivity contribution in [3.05, 3.63) is 59.9 Å². The monoisotopic (exact) mass is 413 g/mol. The molecule has 1 saturated heterocycles. The van der Waals surface area contributed by atoms with Crippen LogP contribution >= 0.6 is 0 Å². The summed E-state index contributed by atoms with van der Waals surface area (Å²) < 4.78 is 18.9. The van der Waals surface area contributed by atoms with Crippen LogP contribution in [0.25, 0.3) is 0 Å². The SMILES string of the molecule is COC(=O)CN1CCN(c2ccc(NC(=O)C(C)(C)c3ccccc3F)cc2)CC1. The Labute approximate surface area is 176 Å². The first-order chi connectivity index (χ1) is 14.3. The average molecular weight is 413 g/mol. The molecule has 2 aromatic carbocycles. The number of anilines is 2. The van der Waals surface area contributed by atoms with Gasteiger partial charge in [0.1, 0.15) is 5.82 Å².